The van der Waals surface area contributed by atoms with Gasteiger partial charge < -0.3 is 9.84 Å². The number of benzene rings is 2. The molecule has 1 N–H and O–H groups in total. The second-order valence-corrected chi connectivity index (χ2v) is 7.02. The third-order valence-corrected chi connectivity index (χ3v) is 5.09. The summed E-state index contributed by atoms with van der Waals surface area (Å²) in [4.78, 5) is 2.42. The van der Waals surface area contributed by atoms with E-state index in [1.165, 1.54) is 5.56 Å². The fourth-order valence-corrected chi connectivity index (χ4v) is 3.41. The Hall–Kier alpha value is -1.84. The topological polar surface area (TPSA) is 32.7 Å². The van der Waals surface area contributed by atoms with E-state index in [1.54, 1.807) is 0 Å². The highest BCUT2D eigenvalue weighted by atomic mass is 16.5. The molecule has 1 saturated heterocycles. The summed E-state index contributed by atoms with van der Waals surface area (Å²) in [5.74, 6) is 0.891. The summed E-state index contributed by atoms with van der Waals surface area (Å²) < 4.78 is 5.72. The van der Waals surface area contributed by atoms with Gasteiger partial charge in [0, 0.05) is 19.6 Å². The van der Waals surface area contributed by atoms with Crippen molar-refractivity contribution < 1.29 is 9.84 Å². The molecule has 0 aliphatic carbocycles. The van der Waals surface area contributed by atoms with Crippen molar-refractivity contribution in [1.82, 2.24) is 4.90 Å². The predicted octanol–water partition coefficient (Wildman–Crippen LogP) is 4.35. The van der Waals surface area contributed by atoms with Crippen LogP contribution in [0.15, 0.2) is 54.6 Å². The van der Waals surface area contributed by atoms with Gasteiger partial charge in [0.25, 0.3) is 0 Å². The van der Waals surface area contributed by atoms with Crippen molar-refractivity contribution in [2.24, 2.45) is 0 Å². The minimum absolute atomic E-state index is 0.713. The first kappa shape index (κ1) is 18.0. The number of likely N-dealkylation sites (tertiary alicyclic amines) is 1. The summed E-state index contributed by atoms with van der Waals surface area (Å²) in [6, 6.07) is 18.6. The molecule has 0 spiro atoms. The van der Waals surface area contributed by atoms with Gasteiger partial charge in [-0.2, -0.15) is 0 Å². The molecule has 1 heterocycles. The molecule has 1 aliphatic heterocycles. The highest BCUT2D eigenvalue weighted by Gasteiger charge is 2.33. The van der Waals surface area contributed by atoms with Gasteiger partial charge in [0.15, 0.2) is 0 Å². The van der Waals surface area contributed by atoms with Gasteiger partial charge in [0.05, 0.1) is 12.2 Å². The van der Waals surface area contributed by atoms with Gasteiger partial charge in [0.1, 0.15) is 5.75 Å². The second kappa shape index (κ2) is 8.50. The van der Waals surface area contributed by atoms with E-state index in [4.69, 9.17) is 4.74 Å². The molecule has 134 valence electrons. The Kier molecular flexibility index (Phi) is 6.11. The van der Waals surface area contributed by atoms with Gasteiger partial charge >= 0.3 is 0 Å². The van der Waals surface area contributed by atoms with Crippen LogP contribution >= 0.6 is 0 Å². The van der Waals surface area contributed by atoms with Crippen LogP contribution in [0.2, 0.25) is 0 Å². The van der Waals surface area contributed by atoms with Crippen LogP contribution in [0.5, 0.6) is 5.75 Å². The first-order valence-corrected chi connectivity index (χ1v) is 9.41. The van der Waals surface area contributed by atoms with Crippen molar-refractivity contribution in [3.05, 3.63) is 65.7 Å². The van der Waals surface area contributed by atoms with Crippen molar-refractivity contribution in [3.8, 4) is 5.75 Å². The van der Waals surface area contributed by atoms with Crippen LogP contribution in [0.4, 0.5) is 0 Å². The number of hydrogen-bond acceptors (Lipinski definition) is 3. The lowest BCUT2D eigenvalue weighted by molar-refractivity contribution is -0.0277. The summed E-state index contributed by atoms with van der Waals surface area (Å²) in [6.45, 7) is 5.71. The van der Waals surface area contributed by atoms with Gasteiger partial charge in [0.2, 0.25) is 0 Å². The zero-order valence-corrected chi connectivity index (χ0v) is 15.2. The molecule has 3 heteroatoms. The van der Waals surface area contributed by atoms with E-state index in [0.29, 0.717) is 0 Å². The standard InChI is InChI=1S/C22H29NO2/c1-2-3-17-25-21-11-9-20(10-12-21)22(24)13-15-23(16-14-22)18-19-7-5-4-6-8-19/h4-12,24H,2-3,13-18H2,1H3. The van der Waals surface area contributed by atoms with Crippen LogP contribution in [-0.2, 0) is 12.1 Å². The third kappa shape index (κ3) is 4.83. The highest BCUT2D eigenvalue weighted by Crippen LogP contribution is 2.34. The number of unbranched alkanes of at least 4 members (excludes halogenated alkanes) is 1. The van der Waals surface area contributed by atoms with Crippen LogP contribution in [-0.4, -0.2) is 29.7 Å². The largest absolute Gasteiger partial charge is 0.494 e. The van der Waals surface area contributed by atoms with Crippen molar-refractivity contribution in [3.63, 3.8) is 0 Å². The number of rotatable bonds is 7. The normalized spacial score (nSPS) is 17.4. The summed E-state index contributed by atoms with van der Waals surface area (Å²) in [7, 11) is 0. The fraction of sp³-hybridized carbons (Fsp3) is 0.455. The Morgan fingerprint density at radius 1 is 1.00 bits per heavy atom. The molecule has 1 fully saturated rings. The molecule has 25 heavy (non-hydrogen) atoms. The van der Waals surface area contributed by atoms with Crippen LogP contribution in [0.3, 0.4) is 0 Å². The number of hydrogen-bond donors (Lipinski definition) is 1. The molecular formula is C22H29NO2. The number of piperidine rings is 1. The first-order valence-electron chi connectivity index (χ1n) is 9.41. The highest BCUT2D eigenvalue weighted by molar-refractivity contribution is 5.31. The maximum Gasteiger partial charge on any atom is 0.119 e. The summed E-state index contributed by atoms with van der Waals surface area (Å²) in [5.41, 5.74) is 1.63. The monoisotopic (exact) mass is 339 g/mol. The number of aliphatic hydroxyl groups is 1. The molecule has 3 nitrogen and oxygen atoms in total. The lowest BCUT2D eigenvalue weighted by Gasteiger charge is -2.38. The Labute approximate surface area is 151 Å². The molecule has 2 aromatic rings. The summed E-state index contributed by atoms with van der Waals surface area (Å²) >= 11 is 0. The fourth-order valence-electron chi connectivity index (χ4n) is 3.41. The van der Waals surface area contributed by atoms with E-state index in [1.807, 2.05) is 30.3 Å². The summed E-state index contributed by atoms with van der Waals surface area (Å²) in [6.07, 6.45) is 3.76. The Bertz CT molecular complexity index is 631. The molecular weight excluding hydrogens is 310 g/mol. The zero-order valence-electron chi connectivity index (χ0n) is 15.2. The molecule has 0 aromatic heterocycles. The molecule has 0 radical (unpaired) electrons. The lowest BCUT2D eigenvalue weighted by atomic mass is 9.84. The van der Waals surface area contributed by atoms with E-state index in [2.05, 4.69) is 36.1 Å². The van der Waals surface area contributed by atoms with Crippen molar-refractivity contribution in [2.45, 2.75) is 44.8 Å². The molecule has 3 rings (SSSR count). The van der Waals surface area contributed by atoms with Crippen LogP contribution in [0.1, 0.15) is 43.7 Å². The molecule has 0 saturated carbocycles. The van der Waals surface area contributed by atoms with Gasteiger partial charge in [-0.05, 0) is 42.5 Å². The van der Waals surface area contributed by atoms with Gasteiger partial charge in [-0.3, -0.25) is 4.90 Å². The van der Waals surface area contributed by atoms with Crippen LogP contribution in [0, 0.1) is 0 Å². The SMILES string of the molecule is CCCCOc1ccc(C2(O)CCN(Cc3ccccc3)CC2)cc1. The maximum atomic E-state index is 11.1. The van der Waals surface area contributed by atoms with E-state index in [9.17, 15) is 5.11 Å². The van der Waals surface area contributed by atoms with Gasteiger partial charge in [-0.15, -0.1) is 0 Å². The van der Waals surface area contributed by atoms with E-state index in [-0.39, 0.29) is 0 Å². The molecule has 2 aromatic carbocycles. The van der Waals surface area contributed by atoms with Crippen molar-refractivity contribution in [2.75, 3.05) is 19.7 Å². The zero-order chi connectivity index (χ0) is 17.5. The van der Waals surface area contributed by atoms with Gasteiger partial charge in [-0.1, -0.05) is 55.8 Å². The Balaban J connectivity index is 1.54. The lowest BCUT2D eigenvalue weighted by Crippen LogP contribution is -2.42. The predicted molar refractivity (Wildman–Crippen MR) is 102 cm³/mol. The molecule has 0 unspecified atom stereocenters. The molecule has 0 amide bonds. The average molecular weight is 339 g/mol. The average Bonchev–Trinajstić information content (AvgIpc) is 2.65. The van der Waals surface area contributed by atoms with E-state index < -0.39 is 5.60 Å². The second-order valence-electron chi connectivity index (χ2n) is 7.02. The van der Waals surface area contributed by atoms with Crippen LogP contribution < -0.4 is 4.74 Å². The number of nitrogens with zero attached hydrogens (tertiary/aromatic N) is 1. The Morgan fingerprint density at radius 3 is 2.32 bits per heavy atom. The van der Waals surface area contributed by atoms with Gasteiger partial charge in [-0.25, -0.2) is 0 Å². The minimum atomic E-state index is -0.713. The maximum absolute atomic E-state index is 11.1. The quantitative estimate of drug-likeness (QED) is 0.761. The van der Waals surface area contributed by atoms with E-state index >= 15 is 0 Å². The van der Waals surface area contributed by atoms with Crippen molar-refractivity contribution >= 4 is 0 Å². The van der Waals surface area contributed by atoms with E-state index in [0.717, 1.165) is 63.2 Å². The Morgan fingerprint density at radius 2 is 1.68 bits per heavy atom. The molecule has 0 atom stereocenters. The van der Waals surface area contributed by atoms with Crippen LogP contribution in [0.25, 0.3) is 0 Å². The summed E-state index contributed by atoms with van der Waals surface area (Å²) in [5, 5.41) is 11.1. The first-order chi connectivity index (χ1) is 12.2. The number of ether oxygens (including phenoxy) is 1. The third-order valence-electron chi connectivity index (χ3n) is 5.09. The minimum Gasteiger partial charge on any atom is -0.494 e. The molecule has 1 aliphatic rings. The van der Waals surface area contributed by atoms with Crippen molar-refractivity contribution in [1.29, 1.82) is 0 Å². The smallest absolute Gasteiger partial charge is 0.119 e. The molecule has 0 bridgehead atoms.